The molecule has 29 heavy (non-hydrogen) atoms. The molecular weight excluding hydrogens is 439 g/mol. The van der Waals surface area contributed by atoms with Gasteiger partial charge in [0.15, 0.2) is 0 Å². The number of benzene rings is 2. The molecule has 0 bridgehead atoms. The molecule has 0 radical (unpaired) electrons. The van der Waals surface area contributed by atoms with E-state index in [9.17, 15) is 18.5 Å². The molecule has 156 valence electrons. The van der Waals surface area contributed by atoms with Gasteiger partial charge in [-0.25, -0.2) is 8.42 Å². The largest absolute Gasteiger partial charge is 0.277 e. The van der Waals surface area contributed by atoms with Gasteiger partial charge in [0.1, 0.15) is 4.90 Å². The van der Waals surface area contributed by atoms with Gasteiger partial charge in [-0.2, -0.15) is 9.41 Å². The third-order valence-electron chi connectivity index (χ3n) is 4.16. The zero-order valence-electron chi connectivity index (χ0n) is 16.0. The van der Waals surface area contributed by atoms with Crippen LogP contribution in [0.2, 0.25) is 10.0 Å². The predicted octanol–water partition coefficient (Wildman–Crippen LogP) is 4.77. The minimum Gasteiger partial charge on any atom is -0.277 e. The van der Waals surface area contributed by atoms with Crippen LogP contribution in [0.1, 0.15) is 26.3 Å². The van der Waals surface area contributed by atoms with Crippen molar-refractivity contribution in [2.24, 2.45) is 5.10 Å². The van der Waals surface area contributed by atoms with Gasteiger partial charge in [-0.05, 0) is 31.2 Å². The van der Waals surface area contributed by atoms with E-state index >= 15 is 0 Å². The van der Waals surface area contributed by atoms with Crippen LogP contribution in [0.5, 0.6) is 0 Å². The maximum Gasteiger partial charge on any atom is 0.270 e. The molecule has 0 fully saturated rings. The number of sulfonamides is 1. The minimum absolute atomic E-state index is 0.111. The summed E-state index contributed by atoms with van der Waals surface area (Å²) < 4.78 is 27.2. The molecule has 0 saturated heterocycles. The highest BCUT2D eigenvalue weighted by Crippen LogP contribution is 2.29. The second-order valence-corrected chi connectivity index (χ2v) is 8.71. The Kier molecular flexibility index (Phi) is 7.59. The highest BCUT2D eigenvalue weighted by Gasteiger charge is 2.27. The molecule has 2 aromatic rings. The van der Waals surface area contributed by atoms with Crippen molar-refractivity contribution >= 4 is 50.3 Å². The summed E-state index contributed by atoms with van der Waals surface area (Å²) in [6.07, 6.45) is 0. The molecule has 1 N–H and O–H groups in total. The van der Waals surface area contributed by atoms with Crippen molar-refractivity contribution in [3.8, 4) is 0 Å². The molecule has 0 aliphatic rings. The summed E-state index contributed by atoms with van der Waals surface area (Å²) in [6.45, 7) is 5.50. The molecule has 0 amide bonds. The van der Waals surface area contributed by atoms with E-state index in [1.165, 1.54) is 16.4 Å². The zero-order chi connectivity index (χ0) is 21.8. The minimum atomic E-state index is -3.97. The molecule has 8 nitrogen and oxygen atoms in total. The van der Waals surface area contributed by atoms with Crippen LogP contribution in [0.25, 0.3) is 0 Å². The maximum absolute atomic E-state index is 13.0. The van der Waals surface area contributed by atoms with Crippen molar-refractivity contribution < 1.29 is 13.3 Å². The average Bonchev–Trinajstić information content (AvgIpc) is 2.68. The van der Waals surface area contributed by atoms with Crippen LogP contribution in [0.15, 0.2) is 46.4 Å². The molecule has 0 aliphatic heterocycles. The quantitative estimate of drug-likeness (QED) is 0.348. The topological polar surface area (TPSA) is 105 Å². The molecule has 11 heteroatoms. The molecule has 0 aliphatic carbocycles. The van der Waals surface area contributed by atoms with Crippen molar-refractivity contribution in [1.29, 1.82) is 0 Å². The number of rotatable bonds is 8. The second kappa shape index (κ2) is 9.53. The predicted molar refractivity (Wildman–Crippen MR) is 115 cm³/mol. The van der Waals surface area contributed by atoms with Crippen LogP contribution in [-0.4, -0.2) is 36.4 Å². The second-order valence-electron chi connectivity index (χ2n) is 5.96. The van der Waals surface area contributed by atoms with Gasteiger partial charge < -0.3 is 0 Å². The summed E-state index contributed by atoms with van der Waals surface area (Å²) in [6, 6.07) is 8.44. The van der Waals surface area contributed by atoms with E-state index in [2.05, 4.69) is 10.5 Å². The lowest BCUT2D eigenvalue weighted by Crippen LogP contribution is -2.31. The highest BCUT2D eigenvalue weighted by atomic mass is 35.5. The van der Waals surface area contributed by atoms with E-state index in [4.69, 9.17) is 23.2 Å². The molecule has 2 rings (SSSR count). The van der Waals surface area contributed by atoms with Gasteiger partial charge in [0, 0.05) is 40.8 Å². The number of halogens is 2. The van der Waals surface area contributed by atoms with Crippen LogP contribution in [0.4, 0.5) is 11.4 Å². The molecule has 0 saturated carbocycles. The average molecular weight is 459 g/mol. The number of anilines is 1. The summed E-state index contributed by atoms with van der Waals surface area (Å²) in [5.74, 6) is 0. The molecule has 0 heterocycles. The first kappa shape index (κ1) is 23.1. The van der Waals surface area contributed by atoms with Crippen LogP contribution in [-0.2, 0) is 10.0 Å². The summed E-state index contributed by atoms with van der Waals surface area (Å²) in [7, 11) is -3.97. The first-order chi connectivity index (χ1) is 13.6. The Hall–Kier alpha value is -2.20. The van der Waals surface area contributed by atoms with Crippen LogP contribution >= 0.6 is 23.2 Å². The van der Waals surface area contributed by atoms with Gasteiger partial charge in [0.2, 0.25) is 10.0 Å². The fourth-order valence-corrected chi connectivity index (χ4v) is 4.66. The Morgan fingerprint density at radius 3 is 2.41 bits per heavy atom. The molecule has 2 aromatic carbocycles. The maximum atomic E-state index is 13.0. The van der Waals surface area contributed by atoms with E-state index in [-0.39, 0.29) is 29.4 Å². The van der Waals surface area contributed by atoms with Crippen LogP contribution in [0, 0.1) is 10.1 Å². The van der Waals surface area contributed by atoms with Crippen LogP contribution in [0.3, 0.4) is 0 Å². The van der Waals surface area contributed by atoms with E-state index in [0.717, 1.165) is 6.07 Å². The number of nitro benzene ring substituents is 1. The Morgan fingerprint density at radius 1 is 1.17 bits per heavy atom. The third-order valence-corrected chi connectivity index (χ3v) is 6.82. The van der Waals surface area contributed by atoms with Crippen molar-refractivity contribution in [3.63, 3.8) is 0 Å². The first-order valence-electron chi connectivity index (χ1n) is 8.66. The first-order valence-corrected chi connectivity index (χ1v) is 10.9. The number of nitro groups is 1. The lowest BCUT2D eigenvalue weighted by atomic mass is 10.1. The van der Waals surface area contributed by atoms with Gasteiger partial charge in [-0.1, -0.05) is 37.0 Å². The van der Waals surface area contributed by atoms with Gasteiger partial charge in [-0.15, -0.1) is 0 Å². The van der Waals surface area contributed by atoms with E-state index in [0.29, 0.717) is 21.3 Å². The standard InChI is InChI=1S/C18H20Cl2N4O4S/c1-4-23(5-2)29(27,28)18-11-14(24(25)26)7-9-17(18)22-21-12(3)15-10-13(19)6-8-16(15)20/h6-11,22H,4-5H2,1-3H3. The van der Waals surface area contributed by atoms with Crippen molar-refractivity contribution in [2.45, 2.75) is 25.7 Å². The van der Waals surface area contributed by atoms with E-state index in [1.54, 1.807) is 39.0 Å². The molecule has 0 aromatic heterocycles. The number of nitrogens with zero attached hydrogens (tertiary/aromatic N) is 3. The van der Waals surface area contributed by atoms with Crippen LogP contribution < -0.4 is 5.43 Å². The van der Waals surface area contributed by atoms with Crippen molar-refractivity contribution in [1.82, 2.24) is 4.31 Å². The number of hydrogen-bond acceptors (Lipinski definition) is 6. The number of nitrogens with one attached hydrogen (secondary N) is 1. The highest BCUT2D eigenvalue weighted by molar-refractivity contribution is 7.89. The Balaban J connectivity index is 2.52. The molecule has 0 spiro atoms. The molecule has 0 unspecified atom stereocenters. The lowest BCUT2D eigenvalue weighted by Gasteiger charge is -2.20. The van der Waals surface area contributed by atoms with Crippen molar-refractivity contribution in [2.75, 3.05) is 18.5 Å². The molecule has 0 atom stereocenters. The normalized spacial score (nSPS) is 12.3. The zero-order valence-corrected chi connectivity index (χ0v) is 18.3. The number of hydrogen-bond donors (Lipinski definition) is 1. The third kappa shape index (κ3) is 5.24. The summed E-state index contributed by atoms with van der Waals surface area (Å²) >= 11 is 12.2. The Labute approximate surface area is 179 Å². The van der Waals surface area contributed by atoms with Gasteiger partial charge >= 0.3 is 0 Å². The fourth-order valence-electron chi connectivity index (χ4n) is 2.61. The SMILES string of the molecule is CCN(CC)S(=O)(=O)c1cc([N+](=O)[O-])ccc1NN=C(C)c1cc(Cl)ccc1Cl. The monoisotopic (exact) mass is 458 g/mol. The van der Waals surface area contributed by atoms with E-state index < -0.39 is 14.9 Å². The lowest BCUT2D eigenvalue weighted by molar-refractivity contribution is -0.385. The Morgan fingerprint density at radius 2 is 1.83 bits per heavy atom. The van der Waals surface area contributed by atoms with Gasteiger partial charge in [0.25, 0.3) is 5.69 Å². The van der Waals surface area contributed by atoms with Crippen molar-refractivity contribution in [3.05, 3.63) is 62.1 Å². The summed E-state index contributed by atoms with van der Waals surface area (Å²) in [5, 5.41) is 16.2. The fraction of sp³-hybridized carbons (Fsp3) is 0.278. The number of non-ortho nitro benzene ring substituents is 1. The molecular formula is C18H20Cl2N4O4S. The summed E-state index contributed by atoms with van der Waals surface area (Å²) in [5.41, 5.74) is 3.50. The summed E-state index contributed by atoms with van der Waals surface area (Å²) in [4.78, 5) is 10.3. The van der Waals surface area contributed by atoms with Gasteiger partial charge in [0.05, 0.1) is 16.3 Å². The number of hydrazone groups is 1. The smallest absolute Gasteiger partial charge is 0.270 e. The van der Waals surface area contributed by atoms with E-state index in [1.807, 2.05) is 0 Å². The Bertz CT molecular complexity index is 1050. The van der Waals surface area contributed by atoms with Gasteiger partial charge in [-0.3, -0.25) is 15.5 Å².